The van der Waals surface area contributed by atoms with Crippen molar-refractivity contribution in [3.8, 4) is 5.75 Å². The van der Waals surface area contributed by atoms with Crippen molar-refractivity contribution in [2.75, 3.05) is 6.54 Å². The minimum atomic E-state index is -0.220. The van der Waals surface area contributed by atoms with E-state index in [4.69, 9.17) is 10.5 Å². The van der Waals surface area contributed by atoms with E-state index in [1.165, 1.54) is 0 Å². The molecule has 0 radical (unpaired) electrons. The lowest BCUT2D eigenvalue weighted by molar-refractivity contribution is 0.266. The highest BCUT2D eigenvalue weighted by Gasteiger charge is 2.24. The van der Waals surface area contributed by atoms with E-state index >= 15 is 0 Å². The van der Waals surface area contributed by atoms with Gasteiger partial charge in [-0.2, -0.15) is 0 Å². The fraction of sp³-hybridized carbons (Fsp3) is 0.273. The van der Waals surface area contributed by atoms with Crippen LogP contribution < -0.4 is 10.5 Å². The van der Waals surface area contributed by atoms with Crippen molar-refractivity contribution in [3.63, 3.8) is 0 Å². The van der Waals surface area contributed by atoms with Crippen LogP contribution in [0.2, 0.25) is 0 Å². The number of ether oxygens (including phenoxy) is 1. The van der Waals surface area contributed by atoms with E-state index in [1.807, 2.05) is 24.3 Å². The Bertz CT molecular complexity index is 337. The summed E-state index contributed by atoms with van der Waals surface area (Å²) in [5.41, 5.74) is 7.04. The molecule has 2 nitrogen and oxygen atoms in total. The third kappa shape index (κ3) is 1.51. The van der Waals surface area contributed by atoms with Crippen molar-refractivity contribution in [3.05, 3.63) is 41.7 Å². The third-order valence-electron chi connectivity index (χ3n) is 2.44. The zero-order valence-electron chi connectivity index (χ0n) is 7.74. The van der Waals surface area contributed by atoms with Crippen LogP contribution in [-0.2, 0) is 6.42 Å². The normalized spacial score (nSPS) is 20.4. The van der Waals surface area contributed by atoms with Gasteiger partial charge in [-0.3, -0.25) is 0 Å². The molecule has 74 valence electrons. The van der Waals surface area contributed by atoms with E-state index < -0.39 is 0 Å². The lowest BCUT2D eigenvalue weighted by atomic mass is 10.1. The molecule has 1 aromatic carbocycles. The number of benzene rings is 1. The quantitative estimate of drug-likeness (QED) is 0.777. The lowest BCUT2D eigenvalue weighted by Gasteiger charge is -2.11. The van der Waals surface area contributed by atoms with Crippen molar-refractivity contribution >= 4 is 0 Å². The highest BCUT2D eigenvalue weighted by molar-refractivity contribution is 5.39. The first-order chi connectivity index (χ1) is 6.85. The van der Waals surface area contributed by atoms with Gasteiger partial charge in [-0.25, -0.2) is 4.39 Å². The molecule has 1 aliphatic rings. The Balaban J connectivity index is 2.19. The Labute approximate surface area is 82.2 Å². The van der Waals surface area contributed by atoms with Crippen LogP contribution in [0.5, 0.6) is 5.75 Å². The van der Waals surface area contributed by atoms with Crippen LogP contribution in [0, 0.1) is 0 Å². The molecule has 1 heterocycles. The van der Waals surface area contributed by atoms with E-state index in [2.05, 4.69) is 0 Å². The van der Waals surface area contributed by atoms with Gasteiger partial charge < -0.3 is 10.5 Å². The van der Waals surface area contributed by atoms with Gasteiger partial charge in [0, 0.05) is 18.5 Å². The second-order valence-corrected chi connectivity index (χ2v) is 3.31. The molecule has 0 unspecified atom stereocenters. The molecule has 0 aliphatic carbocycles. The number of fused-ring (bicyclic) bond motifs is 1. The number of halogens is 1. The van der Waals surface area contributed by atoms with Crippen LogP contribution in [0.4, 0.5) is 4.39 Å². The molecule has 1 atom stereocenters. The topological polar surface area (TPSA) is 35.2 Å². The molecule has 0 aromatic heterocycles. The summed E-state index contributed by atoms with van der Waals surface area (Å²) in [7, 11) is 0. The van der Waals surface area contributed by atoms with Crippen molar-refractivity contribution in [2.24, 2.45) is 5.73 Å². The molecule has 1 aromatic rings. The number of hydrogen-bond donors (Lipinski definition) is 1. The van der Waals surface area contributed by atoms with Gasteiger partial charge >= 0.3 is 0 Å². The zero-order valence-corrected chi connectivity index (χ0v) is 7.74. The van der Waals surface area contributed by atoms with Gasteiger partial charge in [0.2, 0.25) is 0 Å². The van der Waals surface area contributed by atoms with Crippen LogP contribution in [0.3, 0.4) is 0 Å². The standard InChI is InChI=1S/C11H12FNO/c12-6-9(7-13)11-5-8-3-1-2-4-10(8)14-11/h1-4,6,11H,5,7,13H2/b9-6+/t11-/m1/s1. The molecular formula is C11H12FNO. The second kappa shape index (κ2) is 3.80. The van der Waals surface area contributed by atoms with Gasteiger partial charge in [0.1, 0.15) is 11.9 Å². The highest BCUT2D eigenvalue weighted by Crippen LogP contribution is 2.30. The Morgan fingerprint density at radius 3 is 3.00 bits per heavy atom. The summed E-state index contributed by atoms with van der Waals surface area (Å²) in [5, 5.41) is 0. The minimum absolute atomic E-state index is 0.204. The lowest BCUT2D eigenvalue weighted by Crippen LogP contribution is -2.21. The molecular weight excluding hydrogens is 181 g/mol. The number of para-hydroxylation sites is 1. The van der Waals surface area contributed by atoms with E-state index in [1.54, 1.807) is 0 Å². The summed E-state index contributed by atoms with van der Waals surface area (Å²) < 4.78 is 18.0. The summed E-state index contributed by atoms with van der Waals surface area (Å²) in [4.78, 5) is 0. The smallest absolute Gasteiger partial charge is 0.128 e. The summed E-state index contributed by atoms with van der Waals surface area (Å²) in [6.07, 6.45) is 1.04. The Morgan fingerprint density at radius 2 is 2.36 bits per heavy atom. The molecule has 0 saturated heterocycles. The predicted molar refractivity (Wildman–Crippen MR) is 52.8 cm³/mol. The van der Waals surface area contributed by atoms with E-state index in [0.29, 0.717) is 18.3 Å². The van der Waals surface area contributed by atoms with Gasteiger partial charge in [0.25, 0.3) is 0 Å². The molecule has 1 aliphatic heterocycles. The molecule has 14 heavy (non-hydrogen) atoms. The average molecular weight is 193 g/mol. The van der Waals surface area contributed by atoms with Crippen molar-refractivity contribution in [1.82, 2.24) is 0 Å². The Kier molecular flexibility index (Phi) is 2.50. The predicted octanol–water partition coefficient (Wildman–Crippen LogP) is 1.80. The van der Waals surface area contributed by atoms with Crippen LogP contribution in [0.15, 0.2) is 36.2 Å². The first-order valence-electron chi connectivity index (χ1n) is 4.59. The van der Waals surface area contributed by atoms with Crippen LogP contribution in [0.25, 0.3) is 0 Å². The highest BCUT2D eigenvalue weighted by atomic mass is 19.1. The van der Waals surface area contributed by atoms with Gasteiger partial charge in [-0.1, -0.05) is 18.2 Å². The molecule has 0 saturated carbocycles. The maximum Gasteiger partial charge on any atom is 0.128 e. The minimum Gasteiger partial charge on any atom is -0.485 e. The van der Waals surface area contributed by atoms with E-state index in [9.17, 15) is 4.39 Å². The number of nitrogens with two attached hydrogens (primary N) is 1. The summed E-state index contributed by atoms with van der Waals surface area (Å²) in [6.45, 7) is 0.204. The van der Waals surface area contributed by atoms with Gasteiger partial charge in [-0.15, -0.1) is 0 Å². The molecule has 0 amide bonds. The Morgan fingerprint density at radius 1 is 1.57 bits per heavy atom. The van der Waals surface area contributed by atoms with Crippen molar-refractivity contribution < 1.29 is 9.13 Å². The molecule has 2 rings (SSSR count). The molecule has 0 fully saturated rings. The summed E-state index contributed by atoms with van der Waals surface area (Å²) in [5.74, 6) is 0.838. The fourth-order valence-corrected chi connectivity index (χ4v) is 1.64. The maximum absolute atomic E-state index is 12.4. The summed E-state index contributed by atoms with van der Waals surface area (Å²) >= 11 is 0. The third-order valence-corrected chi connectivity index (χ3v) is 2.44. The van der Waals surface area contributed by atoms with Crippen LogP contribution in [0.1, 0.15) is 5.56 Å². The van der Waals surface area contributed by atoms with Gasteiger partial charge in [0.05, 0.1) is 6.33 Å². The van der Waals surface area contributed by atoms with Gasteiger partial charge in [-0.05, 0) is 11.6 Å². The second-order valence-electron chi connectivity index (χ2n) is 3.31. The zero-order chi connectivity index (χ0) is 9.97. The summed E-state index contributed by atoms with van der Waals surface area (Å²) in [6, 6.07) is 7.73. The first-order valence-corrected chi connectivity index (χ1v) is 4.59. The van der Waals surface area contributed by atoms with Crippen LogP contribution in [-0.4, -0.2) is 12.6 Å². The maximum atomic E-state index is 12.4. The van der Waals surface area contributed by atoms with E-state index in [0.717, 1.165) is 11.3 Å². The molecule has 3 heteroatoms. The Hall–Kier alpha value is -1.35. The number of hydrogen-bond acceptors (Lipinski definition) is 2. The average Bonchev–Trinajstić information content (AvgIpc) is 2.63. The largest absolute Gasteiger partial charge is 0.485 e. The van der Waals surface area contributed by atoms with Crippen LogP contribution >= 0.6 is 0 Å². The number of rotatable bonds is 2. The van der Waals surface area contributed by atoms with Crippen molar-refractivity contribution in [2.45, 2.75) is 12.5 Å². The SMILES string of the molecule is NC/C(=C\F)[C@H]1Cc2ccccc2O1. The monoisotopic (exact) mass is 193 g/mol. The van der Waals surface area contributed by atoms with E-state index in [-0.39, 0.29) is 12.6 Å². The fourth-order valence-electron chi connectivity index (χ4n) is 1.64. The first kappa shape index (κ1) is 9.21. The molecule has 0 spiro atoms. The van der Waals surface area contributed by atoms with Gasteiger partial charge in [0.15, 0.2) is 0 Å². The van der Waals surface area contributed by atoms with Crippen molar-refractivity contribution in [1.29, 1.82) is 0 Å². The molecule has 0 bridgehead atoms. The molecule has 2 N–H and O–H groups in total.